The van der Waals surface area contributed by atoms with Gasteiger partial charge in [-0.05, 0) is 83.8 Å². The van der Waals surface area contributed by atoms with Gasteiger partial charge in [0, 0.05) is 6.04 Å². The Morgan fingerprint density at radius 3 is 2.60 bits per heavy atom. The zero-order valence-electron chi connectivity index (χ0n) is 20.3. The highest BCUT2D eigenvalue weighted by Crippen LogP contribution is 2.53. The maximum atomic E-state index is 13.8. The Morgan fingerprint density at radius 2 is 1.91 bits per heavy atom. The summed E-state index contributed by atoms with van der Waals surface area (Å²) in [5, 5.41) is 21.5. The van der Waals surface area contributed by atoms with Gasteiger partial charge in [-0.25, -0.2) is 0 Å². The molecule has 1 aromatic carbocycles. The van der Waals surface area contributed by atoms with Gasteiger partial charge in [-0.15, -0.1) is 0 Å². The third kappa shape index (κ3) is 4.31. The molecule has 2 heterocycles. The normalized spacial score (nSPS) is 29.5. The van der Waals surface area contributed by atoms with Crippen molar-refractivity contribution in [2.75, 3.05) is 7.11 Å². The van der Waals surface area contributed by atoms with E-state index in [1.807, 2.05) is 28.7 Å². The van der Waals surface area contributed by atoms with Crippen LogP contribution in [0.1, 0.15) is 76.4 Å². The van der Waals surface area contributed by atoms with Crippen molar-refractivity contribution < 1.29 is 29.1 Å². The van der Waals surface area contributed by atoms with Crippen molar-refractivity contribution in [2.24, 2.45) is 17.8 Å². The molecule has 2 saturated heterocycles. The number of imide groups is 1. The lowest BCUT2D eigenvalue weighted by molar-refractivity contribution is -0.143. The number of aromatic hydroxyl groups is 1. The number of fused-ring (bicyclic) bond motifs is 3. The van der Waals surface area contributed by atoms with Crippen LogP contribution in [-0.2, 0) is 14.2 Å². The Balaban J connectivity index is 1.52. The zero-order valence-corrected chi connectivity index (χ0v) is 22.5. The monoisotopic (exact) mass is 593 g/mol. The number of allylic oxidation sites excluding steroid dienone is 2. The summed E-state index contributed by atoms with van der Waals surface area (Å²) in [6.07, 6.45) is 7.31. The van der Waals surface area contributed by atoms with Crippen LogP contribution < -0.4 is 4.74 Å². The summed E-state index contributed by atoms with van der Waals surface area (Å²) in [7, 11) is 0.378. The topological polar surface area (TPSA) is 96.3 Å². The van der Waals surface area contributed by atoms with E-state index >= 15 is 0 Å². The first-order valence-corrected chi connectivity index (χ1v) is 13.9. The summed E-state index contributed by atoms with van der Waals surface area (Å²) in [5.74, 6) is -0.703. The predicted octanol–water partition coefficient (Wildman–Crippen LogP) is 4.54. The van der Waals surface area contributed by atoms with Crippen LogP contribution in [0, 0.1) is 21.3 Å². The fourth-order valence-electron chi connectivity index (χ4n) is 6.82. The summed E-state index contributed by atoms with van der Waals surface area (Å²) >= 11 is 2.05. The molecule has 1 saturated carbocycles. The fourth-order valence-corrected chi connectivity index (χ4v) is 7.45. The molecule has 2 aliphatic heterocycles. The number of carbonyl (C=O) groups is 2. The third-order valence-electron chi connectivity index (χ3n) is 8.38. The van der Waals surface area contributed by atoms with Gasteiger partial charge >= 0.3 is 7.12 Å². The largest absolute Gasteiger partial charge is 0.504 e. The zero-order chi connectivity index (χ0) is 24.9. The molecule has 0 aromatic heterocycles. The lowest BCUT2D eigenvalue weighted by atomic mass is 9.54. The van der Waals surface area contributed by atoms with Crippen LogP contribution >= 0.6 is 22.6 Å². The first kappa shape index (κ1) is 25.1. The summed E-state index contributed by atoms with van der Waals surface area (Å²) in [4.78, 5) is 29.0. The number of nitrogens with zero attached hydrogens (tertiary/aromatic N) is 1. The molecule has 4 aliphatic rings. The molecule has 2 N–H and O–H groups in total. The summed E-state index contributed by atoms with van der Waals surface area (Å²) in [6, 6.07) is 3.57. The Hall–Kier alpha value is -1.59. The molecule has 35 heavy (non-hydrogen) atoms. The van der Waals surface area contributed by atoms with Crippen LogP contribution in [0.5, 0.6) is 11.5 Å². The number of halogens is 1. The number of likely N-dealkylation sites (tertiary alicyclic amines) is 1. The number of phenolic OH excluding ortho intramolecular Hbond substituents is 1. The smallest absolute Gasteiger partial charge is 0.487 e. The number of methoxy groups -OCH3 is 1. The molecule has 0 radical (unpaired) electrons. The summed E-state index contributed by atoms with van der Waals surface area (Å²) in [5.41, 5.74) is 2.67. The molecule has 7 nitrogen and oxygen atoms in total. The number of hydrogen-bond donors (Lipinski definition) is 2. The van der Waals surface area contributed by atoms with E-state index in [1.165, 1.54) is 7.11 Å². The standard InChI is InChI=1S/C26H33BINO6/c1-3-7-14-10-18-22(26(32)29(25(18)31)16-8-5-4-6-9-16)17-13-20(35-27(33)23(14)17)15-11-19(28)24(30)21(12-15)34-2/h11-12,16-18,20,22,30,33H,3-10,13H2,1-2H3/t17-,18-,20-,22+/m0/s1. The first-order valence-electron chi connectivity index (χ1n) is 12.8. The maximum absolute atomic E-state index is 13.8. The molecule has 3 fully saturated rings. The molecule has 4 atom stereocenters. The van der Waals surface area contributed by atoms with Crippen LogP contribution in [0.2, 0.25) is 0 Å². The van der Waals surface area contributed by atoms with Gasteiger partial charge in [0.25, 0.3) is 0 Å². The number of ether oxygens (including phenoxy) is 1. The number of hydrogen-bond acceptors (Lipinski definition) is 6. The van der Waals surface area contributed by atoms with Crippen molar-refractivity contribution >= 4 is 41.5 Å². The highest BCUT2D eigenvalue weighted by Gasteiger charge is 2.58. The fraction of sp³-hybridized carbons (Fsp3) is 0.615. The van der Waals surface area contributed by atoms with Gasteiger partial charge in [0.15, 0.2) is 11.5 Å². The molecule has 9 heteroatoms. The van der Waals surface area contributed by atoms with Gasteiger partial charge in [0.05, 0.1) is 28.6 Å². The maximum Gasteiger partial charge on any atom is 0.487 e. The van der Waals surface area contributed by atoms with Crippen molar-refractivity contribution in [3.05, 3.63) is 32.3 Å². The van der Waals surface area contributed by atoms with Crippen LogP contribution in [0.15, 0.2) is 23.2 Å². The molecular formula is C26H33BINO6. The van der Waals surface area contributed by atoms with E-state index in [0.29, 0.717) is 22.2 Å². The molecule has 0 bridgehead atoms. The lowest BCUT2D eigenvalue weighted by Crippen LogP contribution is -2.45. The second kappa shape index (κ2) is 10.1. The second-order valence-electron chi connectivity index (χ2n) is 10.4. The average Bonchev–Trinajstić information content (AvgIpc) is 3.10. The van der Waals surface area contributed by atoms with Gasteiger partial charge in [0.2, 0.25) is 11.8 Å². The lowest BCUT2D eigenvalue weighted by Gasteiger charge is -2.42. The van der Waals surface area contributed by atoms with Crippen molar-refractivity contribution in [3.8, 4) is 11.5 Å². The van der Waals surface area contributed by atoms with E-state index in [2.05, 4.69) is 6.92 Å². The molecule has 2 aliphatic carbocycles. The number of amides is 2. The highest BCUT2D eigenvalue weighted by molar-refractivity contribution is 14.1. The number of phenols is 1. The van der Waals surface area contributed by atoms with E-state index in [0.717, 1.165) is 61.6 Å². The van der Waals surface area contributed by atoms with Gasteiger partial charge in [0.1, 0.15) is 0 Å². The molecule has 5 rings (SSSR count). The van der Waals surface area contributed by atoms with Gasteiger partial charge < -0.3 is 19.5 Å². The summed E-state index contributed by atoms with van der Waals surface area (Å²) in [6.45, 7) is 2.09. The SMILES string of the molecule is CCCC1=C2B(O)O[C@H](c3cc(I)c(O)c(OC)c3)C[C@H]2[C@H]2C(=O)N(C3CCCCC3)C(=O)[C@H]2C1. The molecular weight excluding hydrogens is 560 g/mol. The van der Waals surface area contributed by atoms with E-state index in [4.69, 9.17) is 9.39 Å². The predicted molar refractivity (Wildman–Crippen MR) is 140 cm³/mol. The van der Waals surface area contributed by atoms with E-state index in [9.17, 15) is 19.7 Å². The summed E-state index contributed by atoms with van der Waals surface area (Å²) < 4.78 is 12.1. The molecule has 1 aromatic rings. The number of carbonyl (C=O) groups excluding carboxylic acids is 2. The van der Waals surface area contributed by atoms with Crippen molar-refractivity contribution in [3.63, 3.8) is 0 Å². The van der Waals surface area contributed by atoms with Crippen molar-refractivity contribution in [1.29, 1.82) is 0 Å². The molecule has 0 unspecified atom stereocenters. The van der Waals surface area contributed by atoms with Crippen LogP contribution in [0.25, 0.3) is 0 Å². The van der Waals surface area contributed by atoms with Gasteiger partial charge in [-0.1, -0.05) is 38.2 Å². The minimum atomic E-state index is -1.12. The Bertz CT molecular complexity index is 1050. The second-order valence-corrected chi connectivity index (χ2v) is 11.5. The molecule has 188 valence electrons. The van der Waals surface area contributed by atoms with E-state index < -0.39 is 19.1 Å². The quantitative estimate of drug-likeness (QED) is 0.296. The molecule has 0 spiro atoms. The molecule has 2 amide bonds. The van der Waals surface area contributed by atoms with E-state index in [1.54, 1.807) is 11.0 Å². The van der Waals surface area contributed by atoms with Crippen LogP contribution in [0.3, 0.4) is 0 Å². The van der Waals surface area contributed by atoms with Gasteiger partial charge in [-0.3, -0.25) is 14.5 Å². The minimum Gasteiger partial charge on any atom is -0.504 e. The Kier molecular flexibility index (Phi) is 7.20. The Morgan fingerprint density at radius 1 is 1.17 bits per heavy atom. The average molecular weight is 593 g/mol. The number of benzene rings is 1. The van der Waals surface area contributed by atoms with Crippen molar-refractivity contribution in [1.82, 2.24) is 4.90 Å². The highest BCUT2D eigenvalue weighted by atomic mass is 127. The van der Waals surface area contributed by atoms with Crippen LogP contribution in [-0.4, -0.2) is 47.1 Å². The van der Waals surface area contributed by atoms with Gasteiger partial charge in [-0.2, -0.15) is 0 Å². The Labute approximate surface area is 220 Å². The third-order valence-corrected chi connectivity index (χ3v) is 9.20. The van der Waals surface area contributed by atoms with Crippen LogP contribution in [0.4, 0.5) is 0 Å². The van der Waals surface area contributed by atoms with Crippen molar-refractivity contribution in [2.45, 2.75) is 76.9 Å². The van der Waals surface area contributed by atoms with E-state index in [-0.39, 0.29) is 35.4 Å². The first-order chi connectivity index (χ1) is 16.8. The number of rotatable bonds is 5. The minimum absolute atomic E-state index is 0.0101.